The smallest absolute Gasteiger partial charge is 0.406 e. The van der Waals surface area contributed by atoms with Gasteiger partial charge in [0.25, 0.3) is 0 Å². The number of nitrogens with two attached hydrogens (primary N) is 1. The van der Waals surface area contributed by atoms with E-state index in [0.717, 1.165) is 0 Å². The second-order valence-electron chi connectivity index (χ2n) is 6.27. The highest BCUT2D eigenvalue weighted by Gasteiger charge is 2.53. The molecule has 1 atom stereocenters. The van der Waals surface area contributed by atoms with E-state index in [1.165, 1.54) is 24.3 Å². The highest BCUT2D eigenvalue weighted by molar-refractivity contribution is 6.47. The Balaban J connectivity index is 2.10. The fourth-order valence-corrected chi connectivity index (χ4v) is 2.08. The molecule has 8 heteroatoms. The van der Waals surface area contributed by atoms with E-state index >= 15 is 0 Å². The van der Waals surface area contributed by atoms with Crippen LogP contribution in [-0.2, 0) is 9.31 Å². The monoisotopic (exact) mass is 317 g/mol. The van der Waals surface area contributed by atoms with Gasteiger partial charge in [-0.1, -0.05) is 12.1 Å². The zero-order valence-corrected chi connectivity index (χ0v) is 12.9. The summed E-state index contributed by atoms with van der Waals surface area (Å²) < 4.78 is 51.9. The van der Waals surface area contributed by atoms with Crippen molar-refractivity contribution in [2.75, 3.05) is 0 Å². The first-order valence-corrected chi connectivity index (χ1v) is 6.88. The van der Waals surface area contributed by atoms with Crippen LogP contribution in [0.15, 0.2) is 24.3 Å². The number of halogens is 3. The zero-order chi connectivity index (χ0) is 16.8. The maximum atomic E-state index is 12.1. The van der Waals surface area contributed by atoms with Crippen LogP contribution < -0.4 is 10.5 Å². The topological polar surface area (TPSA) is 53.7 Å². The lowest BCUT2D eigenvalue weighted by molar-refractivity contribution is -0.274. The van der Waals surface area contributed by atoms with E-state index in [0.29, 0.717) is 5.56 Å². The number of alkyl halides is 3. The van der Waals surface area contributed by atoms with E-state index in [1.807, 2.05) is 27.7 Å². The molecule has 0 aliphatic carbocycles. The quantitative estimate of drug-likeness (QED) is 0.870. The van der Waals surface area contributed by atoms with Gasteiger partial charge in [0.2, 0.25) is 0 Å². The lowest BCUT2D eigenvalue weighted by Crippen LogP contribution is -2.41. The Labute approximate surface area is 127 Å². The average Bonchev–Trinajstić information content (AvgIpc) is 2.56. The van der Waals surface area contributed by atoms with E-state index < -0.39 is 30.6 Å². The summed E-state index contributed by atoms with van der Waals surface area (Å²) in [7, 11) is -0.667. The van der Waals surface area contributed by atoms with E-state index in [2.05, 4.69) is 4.74 Å². The molecule has 4 nitrogen and oxygen atoms in total. The van der Waals surface area contributed by atoms with E-state index in [9.17, 15) is 13.2 Å². The molecule has 2 rings (SSSR count). The largest absolute Gasteiger partial charge is 0.573 e. The van der Waals surface area contributed by atoms with Crippen LogP contribution in [0.5, 0.6) is 5.75 Å². The Morgan fingerprint density at radius 1 is 1.05 bits per heavy atom. The van der Waals surface area contributed by atoms with E-state index in [4.69, 9.17) is 15.0 Å². The molecule has 0 spiro atoms. The summed E-state index contributed by atoms with van der Waals surface area (Å²) in [5.74, 6) is -0.904. The van der Waals surface area contributed by atoms with Gasteiger partial charge >= 0.3 is 13.5 Å². The SMILES string of the molecule is CC1(C)OB([C@@H](N)c2ccc(OC(F)(F)F)cc2)OC1(C)C. The second-order valence-corrected chi connectivity index (χ2v) is 6.27. The summed E-state index contributed by atoms with van der Waals surface area (Å²) in [6.45, 7) is 7.61. The fourth-order valence-electron chi connectivity index (χ4n) is 2.08. The minimum Gasteiger partial charge on any atom is -0.406 e. The third-order valence-electron chi connectivity index (χ3n) is 4.06. The molecule has 0 aromatic heterocycles. The molecule has 0 unspecified atom stereocenters. The molecular formula is C14H19BF3NO3. The number of ether oxygens (including phenoxy) is 1. The number of hydrogen-bond acceptors (Lipinski definition) is 4. The highest BCUT2D eigenvalue weighted by Crippen LogP contribution is 2.39. The maximum absolute atomic E-state index is 12.1. The van der Waals surface area contributed by atoms with Crippen molar-refractivity contribution in [1.82, 2.24) is 0 Å². The Hall–Kier alpha value is -1.25. The van der Waals surface area contributed by atoms with Gasteiger partial charge in [0, 0.05) is 0 Å². The van der Waals surface area contributed by atoms with Crippen molar-refractivity contribution in [2.24, 2.45) is 5.73 Å². The van der Waals surface area contributed by atoms with Crippen LogP contribution in [0.1, 0.15) is 39.2 Å². The minimum absolute atomic E-state index is 0.294. The normalized spacial score (nSPS) is 21.7. The number of rotatable bonds is 3. The predicted octanol–water partition coefficient (Wildman–Crippen LogP) is 3.22. The Morgan fingerprint density at radius 3 is 1.91 bits per heavy atom. The van der Waals surface area contributed by atoms with Crippen LogP contribution in [0.2, 0.25) is 0 Å². The highest BCUT2D eigenvalue weighted by atomic mass is 19.4. The molecule has 1 fully saturated rings. The van der Waals surface area contributed by atoms with E-state index in [-0.39, 0.29) is 5.75 Å². The van der Waals surface area contributed by atoms with Crippen LogP contribution in [0, 0.1) is 0 Å². The molecule has 1 saturated heterocycles. The molecule has 1 aromatic rings. The lowest BCUT2D eigenvalue weighted by atomic mass is 9.75. The molecule has 1 aliphatic heterocycles. The first-order valence-electron chi connectivity index (χ1n) is 6.88. The molecule has 2 N–H and O–H groups in total. The first kappa shape index (κ1) is 17.1. The van der Waals surface area contributed by atoms with Gasteiger partial charge in [-0.25, -0.2) is 0 Å². The van der Waals surface area contributed by atoms with Gasteiger partial charge in [-0.15, -0.1) is 13.2 Å². The van der Waals surface area contributed by atoms with Gasteiger partial charge in [0.15, 0.2) is 0 Å². The molecule has 1 heterocycles. The van der Waals surface area contributed by atoms with Gasteiger partial charge in [-0.2, -0.15) is 0 Å². The third kappa shape index (κ3) is 3.56. The molecule has 0 amide bonds. The zero-order valence-electron chi connectivity index (χ0n) is 12.9. The average molecular weight is 317 g/mol. The minimum atomic E-state index is -4.71. The van der Waals surface area contributed by atoms with Gasteiger partial charge in [0.05, 0.1) is 17.1 Å². The van der Waals surface area contributed by atoms with Crippen molar-refractivity contribution in [3.63, 3.8) is 0 Å². The molecule has 0 bridgehead atoms. The van der Waals surface area contributed by atoms with Crippen molar-refractivity contribution < 1.29 is 27.2 Å². The van der Waals surface area contributed by atoms with Crippen LogP contribution in [0.3, 0.4) is 0 Å². The van der Waals surface area contributed by atoms with Gasteiger partial charge in [-0.05, 0) is 45.4 Å². The fraction of sp³-hybridized carbons (Fsp3) is 0.571. The van der Waals surface area contributed by atoms with Crippen LogP contribution in [0.4, 0.5) is 13.2 Å². The number of benzene rings is 1. The standard InChI is InChI=1S/C14H19BF3NO3/c1-12(2)13(3,4)22-15(21-12)11(19)9-5-7-10(8-6-9)20-14(16,17)18/h5-8,11H,19H2,1-4H3/t11-/m0/s1. The number of hydrogen-bond donors (Lipinski definition) is 1. The lowest BCUT2D eigenvalue weighted by Gasteiger charge is -2.32. The predicted molar refractivity (Wildman–Crippen MR) is 76.1 cm³/mol. The van der Waals surface area contributed by atoms with E-state index in [1.54, 1.807) is 0 Å². The van der Waals surface area contributed by atoms with Crippen molar-refractivity contribution in [1.29, 1.82) is 0 Å². The summed E-state index contributed by atoms with van der Waals surface area (Å²) in [6, 6.07) is 5.37. The van der Waals surface area contributed by atoms with Crippen LogP contribution >= 0.6 is 0 Å². The Kier molecular flexibility index (Phi) is 4.23. The van der Waals surface area contributed by atoms with Gasteiger partial charge in [0.1, 0.15) is 5.75 Å². The van der Waals surface area contributed by atoms with Gasteiger partial charge < -0.3 is 19.8 Å². The molecule has 1 aliphatic rings. The van der Waals surface area contributed by atoms with Crippen molar-refractivity contribution in [3.8, 4) is 5.75 Å². The van der Waals surface area contributed by atoms with Crippen LogP contribution in [0.25, 0.3) is 0 Å². The summed E-state index contributed by atoms with van der Waals surface area (Å²) in [4.78, 5) is 0. The summed E-state index contributed by atoms with van der Waals surface area (Å²) >= 11 is 0. The molecule has 0 radical (unpaired) electrons. The maximum Gasteiger partial charge on any atom is 0.573 e. The van der Waals surface area contributed by atoms with Crippen molar-refractivity contribution in [3.05, 3.63) is 29.8 Å². The molecule has 0 saturated carbocycles. The first-order chi connectivity index (χ1) is 9.91. The Bertz CT molecular complexity index is 515. The summed E-state index contributed by atoms with van der Waals surface area (Å²) in [5, 5.41) is 0. The third-order valence-corrected chi connectivity index (χ3v) is 4.06. The second kappa shape index (κ2) is 5.44. The van der Waals surface area contributed by atoms with Crippen molar-refractivity contribution >= 4 is 7.12 Å². The molecule has 122 valence electrons. The Morgan fingerprint density at radius 2 is 1.50 bits per heavy atom. The van der Waals surface area contributed by atoms with Crippen LogP contribution in [-0.4, -0.2) is 24.7 Å². The molecule has 22 heavy (non-hydrogen) atoms. The molecule has 1 aromatic carbocycles. The molecular weight excluding hydrogens is 298 g/mol. The van der Waals surface area contributed by atoms with Gasteiger partial charge in [-0.3, -0.25) is 0 Å². The summed E-state index contributed by atoms with van der Waals surface area (Å²) in [5.41, 5.74) is 5.67. The van der Waals surface area contributed by atoms with Crippen molar-refractivity contribution in [2.45, 2.75) is 51.2 Å². The summed E-state index contributed by atoms with van der Waals surface area (Å²) in [6.07, 6.45) is -4.71.